The summed E-state index contributed by atoms with van der Waals surface area (Å²) in [7, 11) is 0. The predicted octanol–water partition coefficient (Wildman–Crippen LogP) is 1.95. The molecule has 0 aliphatic rings. The van der Waals surface area contributed by atoms with Gasteiger partial charge in [0.2, 0.25) is 0 Å². The maximum atomic E-state index is 10.5. The molecule has 0 aliphatic carbocycles. The van der Waals surface area contributed by atoms with Crippen molar-refractivity contribution in [1.82, 2.24) is 0 Å². The Morgan fingerprint density at radius 2 is 1.83 bits per heavy atom. The molecule has 0 spiro atoms. The van der Waals surface area contributed by atoms with Gasteiger partial charge >= 0.3 is 5.97 Å². The second-order valence-corrected chi connectivity index (χ2v) is 3.54. The van der Waals surface area contributed by atoms with Gasteiger partial charge in [-0.25, -0.2) is 0 Å². The van der Waals surface area contributed by atoms with E-state index in [0.717, 1.165) is 0 Å². The van der Waals surface area contributed by atoms with Gasteiger partial charge in [-0.05, 0) is 17.7 Å². The lowest BCUT2D eigenvalue weighted by molar-refractivity contribution is -0.136. The van der Waals surface area contributed by atoms with Gasteiger partial charge < -0.3 is 10.2 Å². The van der Waals surface area contributed by atoms with Gasteiger partial charge in [-0.2, -0.15) is 0 Å². The highest BCUT2D eigenvalue weighted by Crippen LogP contribution is 2.24. The topological polar surface area (TPSA) is 57.5 Å². The molecule has 0 saturated carbocycles. The highest BCUT2D eigenvalue weighted by atomic mass is 127. The Balaban J connectivity index is 2.89. The summed E-state index contributed by atoms with van der Waals surface area (Å²) in [5.74, 6) is -0.728. The fourth-order valence-electron chi connectivity index (χ4n) is 0.786. The van der Waals surface area contributed by atoms with Gasteiger partial charge in [-0.3, -0.25) is 4.79 Å². The van der Waals surface area contributed by atoms with Crippen LogP contribution >= 0.6 is 22.6 Å². The molecule has 3 nitrogen and oxygen atoms in total. The van der Waals surface area contributed by atoms with Crippen LogP contribution in [-0.4, -0.2) is 16.2 Å². The van der Waals surface area contributed by atoms with E-state index in [1.807, 2.05) is 22.6 Å². The van der Waals surface area contributed by atoms with Gasteiger partial charge in [0.25, 0.3) is 0 Å². The molecule has 0 amide bonds. The first-order valence-corrected chi connectivity index (χ1v) is 4.51. The fourth-order valence-corrected chi connectivity index (χ4v) is 1.20. The molecule has 2 N–H and O–H groups in total. The summed E-state index contributed by atoms with van der Waals surface area (Å²) in [5, 5.41) is 17.6. The second-order valence-electron chi connectivity index (χ2n) is 2.29. The summed E-state index contributed by atoms with van der Waals surface area (Å²) in [6.07, 6.45) is 0. The standard InChI is InChI=1S/C8H7IO3/c9-7(8(11)12)5-1-3-6(10)4-2-5/h1-4,7,10H,(H,11,12)/t7-/m1/s1. The van der Waals surface area contributed by atoms with Crippen LogP contribution in [0.1, 0.15) is 9.49 Å². The normalized spacial score (nSPS) is 12.4. The van der Waals surface area contributed by atoms with Crippen molar-refractivity contribution >= 4 is 28.6 Å². The minimum absolute atomic E-state index is 0.146. The van der Waals surface area contributed by atoms with Crippen LogP contribution in [0.5, 0.6) is 5.75 Å². The predicted molar refractivity (Wildman–Crippen MR) is 52.5 cm³/mol. The summed E-state index contributed by atoms with van der Waals surface area (Å²) in [5.41, 5.74) is 0.681. The first kappa shape index (κ1) is 9.31. The highest BCUT2D eigenvalue weighted by Gasteiger charge is 2.14. The fraction of sp³-hybridized carbons (Fsp3) is 0.125. The number of carboxylic acids is 1. The zero-order valence-corrected chi connectivity index (χ0v) is 8.22. The number of carboxylic acid groups (broad SMARTS) is 1. The Hall–Kier alpha value is -0.780. The Kier molecular flexibility index (Phi) is 2.91. The summed E-state index contributed by atoms with van der Waals surface area (Å²) in [6.45, 7) is 0. The van der Waals surface area contributed by atoms with Gasteiger partial charge in [0.15, 0.2) is 0 Å². The molecule has 0 unspecified atom stereocenters. The quantitative estimate of drug-likeness (QED) is 0.642. The second kappa shape index (κ2) is 3.75. The van der Waals surface area contributed by atoms with Crippen molar-refractivity contribution in [2.24, 2.45) is 0 Å². The van der Waals surface area contributed by atoms with Crippen molar-refractivity contribution in [1.29, 1.82) is 0 Å². The van der Waals surface area contributed by atoms with Gasteiger partial charge in [-0.1, -0.05) is 34.7 Å². The Morgan fingerprint density at radius 3 is 2.25 bits per heavy atom. The van der Waals surface area contributed by atoms with E-state index in [0.29, 0.717) is 5.56 Å². The van der Waals surface area contributed by atoms with Crippen molar-refractivity contribution in [3.05, 3.63) is 29.8 Å². The zero-order valence-electron chi connectivity index (χ0n) is 6.07. The largest absolute Gasteiger partial charge is 0.508 e. The van der Waals surface area contributed by atoms with Gasteiger partial charge in [-0.15, -0.1) is 0 Å². The number of benzene rings is 1. The van der Waals surface area contributed by atoms with Crippen LogP contribution in [0.25, 0.3) is 0 Å². The van der Waals surface area contributed by atoms with E-state index in [1.54, 1.807) is 12.1 Å². The van der Waals surface area contributed by atoms with Crippen LogP contribution in [0.3, 0.4) is 0 Å². The lowest BCUT2D eigenvalue weighted by Gasteiger charge is -2.03. The molecule has 0 aromatic heterocycles. The molecule has 1 aromatic carbocycles. The SMILES string of the molecule is O=C(O)[C@H](I)c1ccc(O)cc1. The average molecular weight is 278 g/mol. The number of halogens is 1. The van der Waals surface area contributed by atoms with E-state index >= 15 is 0 Å². The number of hydrogen-bond acceptors (Lipinski definition) is 2. The molecule has 0 fully saturated rings. The number of alkyl halides is 1. The lowest BCUT2D eigenvalue weighted by Crippen LogP contribution is -2.03. The number of phenols is 1. The Labute approximate surface area is 83.2 Å². The van der Waals surface area contributed by atoms with Crippen molar-refractivity contribution in [2.45, 2.75) is 3.92 Å². The number of aliphatic carboxylic acids is 1. The van der Waals surface area contributed by atoms with Gasteiger partial charge in [0, 0.05) is 0 Å². The molecule has 0 heterocycles. The summed E-state index contributed by atoms with van der Waals surface area (Å²) >= 11 is 1.83. The maximum absolute atomic E-state index is 10.5. The molecule has 1 rings (SSSR count). The first-order valence-electron chi connectivity index (χ1n) is 3.27. The van der Waals surface area contributed by atoms with Crippen molar-refractivity contribution in [3.8, 4) is 5.75 Å². The molecule has 12 heavy (non-hydrogen) atoms. The molecular weight excluding hydrogens is 271 g/mol. The van der Waals surface area contributed by atoms with E-state index in [2.05, 4.69) is 0 Å². The van der Waals surface area contributed by atoms with E-state index in [4.69, 9.17) is 10.2 Å². The van der Waals surface area contributed by atoms with Crippen molar-refractivity contribution < 1.29 is 15.0 Å². The average Bonchev–Trinajstić information content (AvgIpc) is 2.04. The number of carbonyl (C=O) groups is 1. The number of aromatic hydroxyl groups is 1. The summed E-state index contributed by atoms with van der Waals surface area (Å²) in [6, 6.07) is 6.15. The van der Waals surface area contributed by atoms with Crippen molar-refractivity contribution in [2.75, 3.05) is 0 Å². The number of rotatable bonds is 2. The van der Waals surface area contributed by atoms with Crippen LogP contribution in [0.4, 0.5) is 0 Å². The van der Waals surface area contributed by atoms with Crippen LogP contribution in [0.15, 0.2) is 24.3 Å². The van der Waals surface area contributed by atoms with E-state index in [-0.39, 0.29) is 5.75 Å². The highest BCUT2D eigenvalue weighted by molar-refractivity contribution is 14.1. The molecule has 0 bridgehead atoms. The Bertz CT molecular complexity index is 281. The third-order valence-electron chi connectivity index (χ3n) is 1.40. The number of phenolic OH excluding ortho intramolecular Hbond substituents is 1. The molecule has 1 aromatic rings. The third kappa shape index (κ3) is 2.10. The van der Waals surface area contributed by atoms with Crippen LogP contribution in [0.2, 0.25) is 0 Å². The molecule has 64 valence electrons. The van der Waals surface area contributed by atoms with Crippen LogP contribution in [0, 0.1) is 0 Å². The van der Waals surface area contributed by atoms with Crippen molar-refractivity contribution in [3.63, 3.8) is 0 Å². The lowest BCUT2D eigenvalue weighted by atomic mass is 10.1. The minimum atomic E-state index is -0.874. The zero-order chi connectivity index (χ0) is 9.14. The Morgan fingerprint density at radius 1 is 1.33 bits per heavy atom. The van der Waals surface area contributed by atoms with Gasteiger partial charge in [0.05, 0.1) is 0 Å². The minimum Gasteiger partial charge on any atom is -0.508 e. The van der Waals surface area contributed by atoms with Crippen LogP contribution < -0.4 is 0 Å². The number of hydrogen-bond donors (Lipinski definition) is 2. The molecular formula is C8H7IO3. The summed E-state index contributed by atoms with van der Waals surface area (Å²) in [4.78, 5) is 10.5. The summed E-state index contributed by atoms with van der Waals surface area (Å²) < 4.78 is -0.553. The molecule has 4 heteroatoms. The third-order valence-corrected chi connectivity index (χ3v) is 2.65. The monoisotopic (exact) mass is 278 g/mol. The van der Waals surface area contributed by atoms with E-state index in [9.17, 15) is 4.79 Å². The van der Waals surface area contributed by atoms with Crippen LogP contribution in [-0.2, 0) is 4.79 Å². The smallest absolute Gasteiger partial charge is 0.320 e. The van der Waals surface area contributed by atoms with Gasteiger partial charge in [0.1, 0.15) is 9.67 Å². The maximum Gasteiger partial charge on any atom is 0.320 e. The molecule has 0 radical (unpaired) electrons. The first-order chi connectivity index (χ1) is 5.61. The van der Waals surface area contributed by atoms with E-state index in [1.165, 1.54) is 12.1 Å². The molecule has 0 saturated heterocycles. The van der Waals surface area contributed by atoms with E-state index < -0.39 is 9.89 Å². The molecule has 1 atom stereocenters. The molecule has 0 aliphatic heterocycles.